The molecule has 0 amide bonds. The third-order valence-corrected chi connectivity index (χ3v) is 11.1. The first-order valence-electron chi connectivity index (χ1n) is 19.8. The fourth-order valence-corrected chi connectivity index (χ4v) is 8.01. The quantitative estimate of drug-likeness (QED) is 0.0780. The second kappa shape index (κ2) is 17.4. The summed E-state index contributed by atoms with van der Waals surface area (Å²) in [7, 11) is 12.1. The van der Waals surface area contributed by atoms with E-state index in [9.17, 15) is 14.4 Å². The number of aromatic amines is 3. The second-order valence-corrected chi connectivity index (χ2v) is 16.2. The van der Waals surface area contributed by atoms with Crippen LogP contribution in [0.1, 0.15) is 36.0 Å². The lowest BCUT2D eigenvalue weighted by atomic mass is 9.75. The van der Waals surface area contributed by atoms with Crippen LogP contribution in [0.15, 0.2) is 73.2 Å². The number of nitrogens with one attached hydrogen (secondary N) is 3. The Balaban J connectivity index is 1.17. The molecule has 0 radical (unpaired) electrons. The first-order valence-corrected chi connectivity index (χ1v) is 19.8. The molecule has 0 aliphatic heterocycles. The smallest absolute Gasteiger partial charge is 0.314 e. The normalized spacial score (nSPS) is 17.3. The van der Waals surface area contributed by atoms with Crippen molar-refractivity contribution in [3.63, 3.8) is 0 Å². The first kappa shape index (κ1) is 39.8. The van der Waals surface area contributed by atoms with Gasteiger partial charge in [0.25, 0.3) is 0 Å². The molecule has 1 fully saturated rings. The highest BCUT2D eigenvalue weighted by atomic mass is 16.5. The predicted octanol–water partition coefficient (Wildman–Crippen LogP) is 6.59. The molecule has 3 heterocycles. The molecule has 1 aliphatic rings. The Morgan fingerprint density at radius 3 is 1.04 bits per heavy atom. The highest BCUT2D eigenvalue weighted by Crippen LogP contribution is 2.40. The molecular formula is C45H54N6O6. The van der Waals surface area contributed by atoms with Crippen molar-refractivity contribution in [1.82, 2.24) is 29.7 Å². The summed E-state index contributed by atoms with van der Waals surface area (Å²) < 4.78 is 18.6. The summed E-state index contributed by atoms with van der Waals surface area (Å²) in [6, 6.07) is 16.8. The maximum absolute atomic E-state index is 14.2. The predicted molar refractivity (Wildman–Crippen MR) is 223 cm³/mol. The molecule has 3 aromatic carbocycles. The lowest BCUT2D eigenvalue weighted by Crippen LogP contribution is -2.39. The van der Waals surface area contributed by atoms with E-state index in [0.29, 0.717) is 17.2 Å². The third-order valence-electron chi connectivity index (χ3n) is 11.1. The highest BCUT2D eigenvalue weighted by molar-refractivity contribution is 5.95. The van der Waals surface area contributed by atoms with Crippen LogP contribution in [0.5, 0.6) is 17.2 Å². The number of carbonyl (C=O) groups is 3. The molecule has 1 saturated carbocycles. The van der Waals surface area contributed by atoms with E-state index in [-0.39, 0.29) is 19.3 Å². The zero-order valence-electron chi connectivity index (χ0n) is 33.8. The van der Waals surface area contributed by atoms with Crippen LogP contribution in [-0.2, 0) is 33.6 Å². The molecule has 0 spiro atoms. The van der Waals surface area contributed by atoms with Crippen molar-refractivity contribution >= 4 is 50.6 Å². The number of esters is 3. The molecule has 7 rings (SSSR count). The van der Waals surface area contributed by atoms with E-state index >= 15 is 0 Å². The van der Waals surface area contributed by atoms with Gasteiger partial charge in [-0.3, -0.25) is 14.4 Å². The summed E-state index contributed by atoms with van der Waals surface area (Å²) in [5.41, 5.74) is 5.74. The van der Waals surface area contributed by atoms with Gasteiger partial charge in [-0.15, -0.1) is 0 Å². The van der Waals surface area contributed by atoms with Crippen LogP contribution in [0.25, 0.3) is 32.7 Å². The largest absolute Gasteiger partial charge is 0.426 e. The van der Waals surface area contributed by atoms with Crippen LogP contribution in [0.4, 0.5) is 0 Å². The molecule has 57 heavy (non-hydrogen) atoms. The van der Waals surface area contributed by atoms with Gasteiger partial charge in [0.05, 0.1) is 17.8 Å². The molecular weight excluding hydrogens is 721 g/mol. The van der Waals surface area contributed by atoms with Crippen LogP contribution in [0, 0.1) is 17.8 Å². The summed E-state index contributed by atoms with van der Waals surface area (Å²) in [6.45, 7) is 2.48. The Morgan fingerprint density at radius 1 is 0.491 bits per heavy atom. The maximum atomic E-state index is 14.2. The standard InChI is InChI=1S/C45H54N6O6/c1-49(2)19-16-28-25-46-34-10-7-13-37(40(28)34)55-43(52)31-22-32(44(53)56-38-14-8-11-35-41(38)29(26-47-35)17-20-50(3)4)24-33(23-31)45(54)57-39-15-9-12-36-42(39)30(27-48-36)18-21-51(5)6/h7-15,25-27,31-33,46-48H,16-24H2,1-6H3. The molecule has 0 unspecified atom stereocenters. The van der Waals surface area contributed by atoms with Crippen molar-refractivity contribution in [3.05, 3.63) is 89.9 Å². The van der Waals surface area contributed by atoms with Gasteiger partial charge in [-0.25, -0.2) is 0 Å². The molecule has 0 bridgehead atoms. The zero-order valence-corrected chi connectivity index (χ0v) is 33.8. The van der Waals surface area contributed by atoms with Crippen molar-refractivity contribution in [1.29, 1.82) is 0 Å². The molecule has 6 aromatic rings. The topological polar surface area (TPSA) is 136 Å². The number of rotatable bonds is 15. The maximum Gasteiger partial charge on any atom is 0.314 e. The van der Waals surface area contributed by atoms with E-state index in [4.69, 9.17) is 14.2 Å². The SMILES string of the molecule is CN(C)CCc1c[nH]c2cccc(OC(=O)C3CC(C(=O)Oc4cccc5[nH]cc(CCN(C)C)c45)CC(C(=O)Oc4cccc5[nH]cc(CCN(C)C)c45)C3)c12. The molecule has 12 nitrogen and oxygen atoms in total. The third kappa shape index (κ3) is 9.09. The summed E-state index contributed by atoms with van der Waals surface area (Å²) in [4.78, 5) is 58.9. The second-order valence-electron chi connectivity index (χ2n) is 16.2. The molecule has 1 aliphatic carbocycles. The monoisotopic (exact) mass is 774 g/mol. The van der Waals surface area contributed by atoms with Gasteiger partial charge in [-0.2, -0.15) is 0 Å². The number of ether oxygens (including phenoxy) is 3. The minimum atomic E-state index is -0.759. The van der Waals surface area contributed by atoms with Crippen LogP contribution in [-0.4, -0.2) is 109 Å². The zero-order chi connectivity index (χ0) is 40.2. The number of nitrogens with zero attached hydrogens (tertiary/aromatic N) is 3. The number of hydrogen-bond acceptors (Lipinski definition) is 9. The van der Waals surface area contributed by atoms with Gasteiger partial charge >= 0.3 is 17.9 Å². The Labute approximate surface area is 333 Å². The van der Waals surface area contributed by atoms with Crippen molar-refractivity contribution in [2.75, 3.05) is 61.9 Å². The average Bonchev–Trinajstić information content (AvgIpc) is 3.93. The lowest BCUT2D eigenvalue weighted by molar-refractivity contribution is -0.150. The van der Waals surface area contributed by atoms with E-state index < -0.39 is 35.7 Å². The summed E-state index contributed by atoms with van der Waals surface area (Å²) in [5, 5.41) is 2.55. The highest BCUT2D eigenvalue weighted by Gasteiger charge is 2.42. The fourth-order valence-electron chi connectivity index (χ4n) is 8.01. The number of likely N-dealkylation sites (N-methyl/N-ethyl adjacent to an activating group) is 3. The molecule has 300 valence electrons. The van der Waals surface area contributed by atoms with Crippen LogP contribution in [0.2, 0.25) is 0 Å². The van der Waals surface area contributed by atoms with Crippen LogP contribution in [0.3, 0.4) is 0 Å². The van der Waals surface area contributed by atoms with Crippen LogP contribution >= 0.6 is 0 Å². The number of hydrogen-bond donors (Lipinski definition) is 3. The number of H-pyrrole nitrogens is 3. The Morgan fingerprint density at radius 2 is 0.772 bits per heavy atom. The summed E-state index contributed by atoms with van der Waals surface area (Å²) in [5.74, 6) is -2.40. The minimum Gasteiger partial charge on any atom is -0.426 e. The molecule has 0 saturated heterocycles. The van der Waals surface area contributed by atoms with Crippen molar-refractivity contribution in [2.45, 2.75) is 38.5 Å². The Hall–Kier alpha value is -5.43. The van der Waals surface area contributed by atoms with E-state index in [0.717, 1.165) is 88.3 Å². The average molecular weight is 775 g/mol. The number of benzene rings is 3. The Bertz CT molecular complexity index is 2100. The number of fused-ring (bicyclic) bond motifs is 3. The van der Waals surface area contributed by atoms with Crippen molar-refractivity contribution in [3.8, 4) is 17.2 Å². The van der Waals surface area contributed by atoms with Gasteiger partial charge in [0.2, 0.25) is 0 Å². The number of carbonyl (C=O) groups excluding carboxylic acids is 3. The molecule has 0 atom stereocenters. The molecule has 3 aromatic heterocycles. The van der Waals surface area contributed by atoms with E-state index in [1.165, 1.54) is 0 Å². The summed E-state index contributed by atoms with van der Waals surface area (Å²) >= 11 is 0. The van der Waals surface area contributed by atoms with Crippen molar-refractivity contribution < 1.29 is 28.6 Å². The van der Waals surface area contributed by atoms with E-state index in [1.807, 2.05) is 97.3 Å². The van der Waals surface area contributed by atoms with Crippen molar-refractivity contribution in [2.24, 2.45) is 17.8 Å². The van der Waals surface area contributed by atoms with Gasteiger partial charge in [-0.1, -0.05) is 18.2 Å². The van der Waals surface area contributed by atoms with Gasteiger partial charge in [-0.05, 0) is 134 Å². The minimum absolute atomic E-state index is 0.177. The fraction of sp³-hybridized carbons (Fsp3) is 0.400. The lowest BCUT2D eigenvalue weighted by Gasteiger charge is -2.31. The Kier molecular flexibility index (Phi) is 12.1. The first-order chi connectivity index (χ1) is 27.4. The molecule has 3 N–H and O–H groups in total. The van der Waals surface area contributed by atoms with E-state index in [2.05, 4.69) is 29.7 Å². The van der Waals surface area contributed by atoms with Gasteiger partial charge in [0.1, 0.15) is 17.2 Å². The van der Waals surface area contributed by atoms with Gasteiger partial charge in [0, 0.05) is 70.9 Å². The molecule has 12 heteroatoms. The number of aromatic nitrogens is 3. The van der Waals surface area contributed by atoms with Gasteiger partial charge < -0.3 is 43.9 Å². The van der Waals surface area contributed by atoms with E-state index in [1.54, 1.807) is 18.2 Å². The van der Waals surface area contributed by atoms with Crippen LogP contribution < -0.4 is 14.2 Å². The summed E-state index contributed by atoms with van der Waals surface area (Å²) in [6.07, 6.45) is 8.70. The van der Waals surface area contributed by atoms with Gasteiger partial charge in [0.15, 0.2) is 0 Å².